The lowest BCUT2D eigenvalue weighted by molar-refractivity contribution is -0.138. The Labute approximate surface area is 117 Å². The predicted octanol–water partition coefficient (Wildman–Crippen LogP) is 4.03. The van der Waals surface area contributed by atoms with E-state index in [1.54, 1.807) is 13.1 Å². The van der Waals surface area contributed by atoms with Crippen LogP contribution in [-0.2, 0) is 10.9 Å². The van der Waals surface area contributed by atoms with Gasteiger partial charge in [-0.05, 0) is 30.8 Å². The molecule has 1 N–H and O–H groups in total. The summed E-state index contributed by atoms with van der Waals surface area (Å²) in [4.78, 5) is 0. The molecule has 104 valence electrons. The number of rotatable bonds is 3. The third-order valence-electron chi connectivity index (χ3n) is 2.94. The molecule has 2 rings (SSSR count). The molecule has 1 atom stereocenters. The molecule has 0 saturated heterocycles. The van der Waals surface area contributed by atoms with E-state index in [0.717, 1.165) is 12.5 Å². The average Bonchev–Trinajstić information content (AvgIpc) is 2.84. The minimum absolute atomic E-state index is 0.173. The summed E-state index contributed by atoms with van der Waals surface area (Å²) in [6.45, 7) is 0.519. The number of nitrogens with one attached hydrogen (secondary N) is 1. The van der Waals surface area contributed by atoms with Gasteiger partial charge in [-0.15, -0.1) is 0 Å². The molecule has 1 aliphatic rings. The van der Waals surface area contributed by atoms with Crippen LogP contribution in [0.1, 0.15) is 23.6 Å². The van der Waals surface area contributed by atoms with E-state index in [1.165, 1.54) is 6.07 Å². The van der Waals surface area contributed by atoms with Crippen LogP contribution in [0.5, 0.6) is 0 Å². The molecule has 0 bridgehead atoms. The summed E-state index contributed by atoms with van der Waals surface area (Å²) in [6.07, 6.45) is -1.85. The van der Waals surface area contributed by atoms with Crippen LogP contribution in [0.3, 0.4) is 0 Å². The van der Waals surface area contributed by atoms with Crippen molar-refractivity contribution in [3.8, 4) is 0 Å². The Bertz CT molecular complexity index is 499. The highest BCUT2D eigenvalue weighted by atomic mass is 79.9. The second kappa shape index (κ2) is 5.54. The van der Waals surface area contributed by atoms with Crippen molar-refractivity contribution in [2.45, 2.75) is 18.6 Å². The molecule has 0 fully saturated rings. The van der Waals surface area contributed by atoms with Gasteiger partial charge in [-0.3, -0.25) is 0 Å². The second-order valence-electron chi connectivity index (χ2n) is 4.19. The van der Waals surface area contributed by atoms with E-state index >= 15 is 0 Å². The van der Waals surface area contributed by atoms with Crippen LogP contribution < -0.4 is 5.32 Å². The van der Waals surface area contributed by atoms with Gasteiger partial charge in [0.25, 0.3) is 0 Å². The maximum absolute atomic E-state index is 13.1. The van der Waals surface area contributed by atoms with Gasteiger partial charge in [-0.25, -0.2) is 0 Å². The number of ether oxygens (including phenoxy) is 1. The number of alkyl halides is 3. The summed E-state index contributed by atoms with van der Waals surface area (Å²) in [7, 11) is 1.62. The van der Waals surface area contributed by atoms with Crippen LogP contribution in [-0.4, -0.2) is 13.7 Å². The van der Waals surface area contributed by atoms with Crippen molar-refractivity contribution in [3.05, 3.63) is 45.6 Å². The highest BCUT2D eigenvalue weighted by Crippen LogP contribution is 2.38. The lowest BCUT2D eigenvalue weighted by atomic mass is 9.98. The lowest BCUT2D eigenvalue weighted by Crippen LogP contribution is -2.23. The van der Waals surface area contributed by atoms with E-state index in [9.17, 15) is 13.2 Å². The molecule has 2 nitrogen and oxygen atoms in total. The number of halogens is 4. The summed E-state index contributed by atoms with van der Waals surface area (Å²) >= 11 is 3.08. The monoisotopic (exact) mass is 335 g/mol. The topological polar surface area (TPSA) is 21.3 Å². The summed E-state index contributed by atoms with van der Waals surface area (Å²) in [5.74, 6) is 0.551. The van der Waals surface area contributed by atoms with Crippen LogP contribution in [0.2, 0.25) is 0 Å². The van der Waals surface area contributed by atoms with E-state index in [-0.39, 0.29) is 5.56 Å². The largest absolute Gasteiger partial charge is 0.496 e. The van der Waals surface area contributed by atoms with Gasteiger partial charge >= 0.3 is 6.18 Å². The van der Waals surface area contributed by atoms with Gasteiger partial charge in [0.1, 0.15) is 5.76 Å². The second-order valence-corrected chi connectivity index (χ2v) is 5.11. The molecule has 0 amide bonds. The molecule has 0 saturated carbocycles. The minimum Gasteiger partial charge on any atom is -0.496 e. The zero-order chi connectivity index (χ0) is 14.0. The molecule has 0 aromatic heterocycles. The van der Waals surface area contributed by atoms with Crippen molar-refractivity contribution >= 4 is 15.9 Å². The zero-order valence-corrected chi connectivity index (χ0v) is 11.8. The van der Waals surface area contributed by atoms with Gasteiger partial charge in [0.05, 0.1) is 18.2 Å². The molecule has 1 heterocycles. The van der Waals surface area contributed by atoms with Crippen molar-refractivity contribution < 1.29 is 17.9 Å². The van der Waals surface area contributed by atoms with Crippen molar-refractivity contribution in [1.82, 2.24) is 5.32 Å². The molecule has 0 spiro atoms. The van der Waals surface area contributed by atoms with Crippen molar-refractivity contribution in [2.75, 3.05) is 13.7 Å². The summed E-state index contributed by atoms with van der Waals surface area (Å²) in [5, 5.41) is 2.88. The average molecular weight is 336 g/mol. The first kappa shape index (κ1) is 14.4. The fourth-order valence-corrected chi connectivity index (χ4v) is 2.48. The van der Waals surface area contributed by atoms with E-state index < -0.39 is 17.8 Å². The first-order valence-corrected chi connectivity index (χ1v) is 6.59. The summed E-state index contributed by atoms with van der Waals surface area (Å²) in [6, 6.07) is 3.59. The third kappa shape index (κ3) is 3.12. The SMILES string of the molecule is CNC(C1=CCCO1)c1ccc(Br)cc1C(F)(F)F. The van der Waals surface area contributed by atoms with Gasteiger partial charge in [-0.1, -0.05) is 22.0 Å². The minimum atomic E-state index is -4.40. The van der Waals surface area contributed by atoms with Gasteiger partial charge in [0, 0.05) is 10.9 Å². The fourth-order valence-electron chi connectivity index (χ4n) is 2.11. The van der Waals surface area contributed by atoms with Gasteiger partial charge in [0.15, 0.2) is 0 Å². The number of hydrogen-bond acceptors (Lipinski definition) is 2. The van der Waals surface area contributed by atoms with Crippen LogP contribution in [0.25, 0.3) is 0 Å². The number of hydrogen-bond donors (Lipinski definition) is 1. The standard InChI is InChI=1S/C13H13BrF3NO/c1-18-12(11-3-2-6-19-11)9-5-4-8(14)7-10(9)13(15,16)17/h3-5,7,12,18H,2,6H2,1H3. The zero-order valence-electron chi connectivity index (χ0n) is 10.2. The van der Waals surface area contributed by atoms with E-state index in [4.69, 9.17) is 4.74 Å². The Morgan fingerprint density at radius 2 is 2.11 bits per heavy atom. The van der Waals surface area contributed by atoms with Crippen LogP contribution in [0.15, 0.2) is 34.5 Å². The Morgan fingerprint density at radius 3 is 2.63 bits per heavy atom. The lowest BCUT2D eigenvalue weighted by Gasteiger charge is -2.22. The molecule has 1 aromatic rings. The first-order chi connectivity index (χ1) is 8.93. The Balaban J connectivity index is 2.48. The van der Waals surface area contributed by atoms with Crippen LogP contribution in [0.4, 0.5) is 13.2 Å². The molecule has 1 aliphatic heterocycles. The van der Waals surface area contributed by atoms with Crippen molar-refractivity contribution in [2.24, 2.45) is 0 Å². The highest BCUT2D eigenvalue weighted by molar-refractivity contribution is 9.10. The maximum Gasteiger partial charge on any atom is 0.416 e. The highest BCUT2D eigenvalue weighted by Gasteiger charge is 2.36. The molecule has 0 aliphatic carbocycles. The first-order valence-electron chi connectivity index (χ1n) is 5.80. The third-order valence-corrected chi connectivity index (χ3v) is 3.43. The Hall–Kier alpha value is -1.01. The molecular weight excluding hydrogens is 323 g/mol. The summed E-state index contributed by atoms with van der Waals surface area (Å²) < 4.78 is 45.1. The summed E-state index contributed by atoms with van der Waals surface area (Å²) in [5.41, 5.74) is -0.482. The van der Waals surface area contributed by atoms with E-state index in [1.807, 2.05) is 6.08 Å². The molecule has 1 unspecified atom stereocenters. The Morgan fingerprint density at radius 1 is 1.37 bits per heavy atom. The van der Waals surface area contributed by atoms with Crippen molar-refractivity contribution in [1.29, 1.82) is 0 Å². The smallest absolute Gasteiger partial charge is 0.416 e. The normalized spacial score (nSPS) is 17.0. The van der Waals surface area contributed by atoms with E-state index in [0.29, 0.717) is 16.8 Å². The quantitative estimate of drug-likeness (QED) is 0.900. The molecule has 19 heavy (non-hydrogen) atoms. The maximum atomic E-state index is 13.1. The van der Waals surface area contributed by atoms with E-state index in [2.05, 4.69) is 21.2 Å². The van der Waals surface area contributed by atoms with Crippen LogP contribution >= 0.6 is 15.9 Å². The number of benzene rings is 1. The fraction of sp³-hybridized carbons (Fsp3) is 0.385. The van der Waals surface area contributed by atoms with Gasteiger partial charge in [-0.2, -0.15) is 13.2 Å². The van der Waals surface area contributed by atoms with Gasteiger partial charge < -0.3 is 10.1 Å². The van der Waals surface area contributed by atoms with Gasteiger partial charge in [0.2, 0.25) is 0 Å². The predicted molar refractivity (Wildman–Crippen MR) is 69.6 cm³/mol. The molecule has 6 heteroatoms. The van der Waals surface area contributed by atoms with Crippen molar-refractivity contribution in [3.63, 3.8) is 0 Å². The van der Waals surface area contributed by atoms with Crippen LogP contribution in [0, 0.1) is 0 Å². The molecule has 0 radical (unpaired) electrons. The molecular formula is C13H13BrF3NO. The Kier molecular flexibility index (Phi) is 4.20. The number of likely N-dealkylation sites (N-methyl/N-ethyl adjacent to an activating group) is 1. The molecule has 1 aromatic carbocycles.